The topological polar surface area (TPSA) is 72.1 Å². The fourth-order valence-electron chi connectivity index (χ4n) is 3.24. The molecular formula is C21H26N4O2S. The van der Waals surface area contributed by atoms with E-state index in [0.717, 1.165) is 42.3 Å². The van der Waals surface area contributed by atoms with Crippen molar-refractivity contribution >= 4 is 29.1 Å². The Bertz CT molecular complexity index is 820. The summed E-state index contributed by atoms with van der Waals surface area (Å²) in [5.74, 6) is 4.29. The first-order valence-electron chi connectivity index (χ1n) is 9.66. The number of nitrogens with two attached hydrogens (primary N) is 1. The van der Waals surface area contributed by atoms with Gasteiger partial charge in [0.15, 0.2) is 17.5 Å². The van der Waals surface area contributed by atoms with Crippen LogP contribution in [0.15, 0.2) is 47.5 Å². The van der Waals surface area contributed by atoms with E-state index in [1.165, 1.54) is 17.2 Å². The predicted molar refractivity (Wildman–Crippen MR) is 117 cm³/mol. The van der Waals surface area contributed by atoms with Crippen LogP contribution in [0.5, 0.6) is 11.5 Å². The highest BCUT2D eigenvalue weighted by Gasteiger charge is 2.12. The van der Waals surface area contributed by atoms with Crippen LogP contribution in [0.2, 0.25) is 0 Å². The third-order valence-electron chi connectivity index (χ3n) is 4.76. The Labute approximate surface area is 170 Å². The summed E-state index contributed by atoms with van der Waals surface area (Å²) in [6.07, 6.45) is 0.885. The molecule has 0 aliphatic carbocycles. The number of thioether (sulfide) groups is 1. The molecule has 2 aliphatic heterocycles. The summed E-state index contributed by atoms with van der Waals surface area (Å²) in [6.45, 7) is 4.12. The minimum atomic E-state index is 0.381. The molecule has 1 saturated heterocycles. The first-order chi connectivity index (χ1) is 13.8. The highest BCUT2D eigenvalue weighted by atomic mass is 32.2. The van der Waals surface area contributed by atoms with Gasteiger partial charge in [0.05, 0.1) is 19.8 Å². The standard InChI is InChI=1S/C21H26N4O2S/c22-21(24-17-4-7-19-20(14-17)27-11-1-10-26-19)23-15-16-2-5-18(6-3-16)25-8-12-28-13-9-25/h2-7,14H,1,8-13,15H2,(H3,22,23,24). The van der Waals surface area contributed by atoms with Gasteiger partial charge in [0.2, 0.25) is 0 Å². The van der Waals surface area contributed by atoms with Crippen LogP contribution in [-0.4, -0.2) is 43.8 Å². The van der Waals surface area contributed by atoms with Gasteiger partial charge in [-0.15, -0.1) is 0 Å². The monoisotopic (exact) mass is 398 g/mol. The molecule has 2 heterocycles. The van der Waals surface area contributed by atoms with E-state index in [0.29, 0.717) is 25.7 Å². The molecule has 2 aliphatic rings. The maximum absolute atomic E-state index is 6.06. The van der Waals surface area contributed by atoms with Gasteiger partial charge in [-0.25, -0.2) is 4.99 Å². The fourth-order valence-corrected chi connectivity index (χ4v) is 4.14. The first kappa shape index (κ1) is 18.8. The normalized spacial score (nSPS) is 17.1. The quantitative estimate of drug-likeness (QED) is 0.608. The molecular weight excluding hydrogens is 372 g/mol. The molecule has 0 atom stereocenters. The Morgan fingerprint density at radius 1 is 1.04 bits per heavy atom. The molecule has 0 spiro atoms. The third-order valence-corrected chi connectivity index (χ3v) is 5.71. The zero-order valence-corrected chi connectivity index (χ0v) is 16.7. The number of hydrogen-bond acceptors (Lipinski definition) is 5. The minimum Gasteiger partial charge on any atom is -0.490 e. The third kappa shape index (κ3) is 4.84. The second kappa shape index (κ2) is 9.10. The molecule has 1 fully saturated rings. The molecule has 0 unspecified atom stereocenters. The Balaban J connectivity index is 1.35. The van der Waals surface area contributed by atoms with E-state index in [9.17, 15) is 0 Å². The lowest BCUT2D eigenvalue weighted by atomic mass is 10.2. The van der Waals surface area contributed by atoms with Gasteiger partial charge in [0.25, 0.3) is 0 Å². The van der Waals surface area contributed by atoms with Gasteiger partial charge >= 0.3 is 0 Å². The summed E-state index contributed by atoms with van der Waals surface area (Å²) >= 11 is 2.02. The molecule has 28 heavy (non-hydrogen) atoms. The van der Waals surface area contributed by atoms with E-state index in [1.807, 2.05) is 30.0 Å². The molecule has 6 nitrogen and oxygen atoms in total. The highest BCUT2D eigenvalue weighted by molar-refractivity contribution is 7.99. The summed E-state index contributed by atoms with van der Waals surface area (Å²) in [6, 6.07) is 14.3. The molecule has 3 N–H and O–H groups in total. The Hall–Kier alpha value is -2.54. The van der Waals surface area contributed by atoms with Crippen LogP contribution in [0, 0.1) is 0 Å². The summed E-state index contributed by atoms with van der Waals surface area (Å²) < 4.78 is 11.4. The number of fused-ring (bicyclic) bond motifs is 1. The molecule has 2 aromatic rings. The number of anilines is 2. The lowest BCUT2D eigenvalue weighted by Crippen LogP contribution is -2.32. The van der Waals surface area contributed by atoms with E-state index in [1.54, 1.807) is 0 Å². The number of rotatable bonds is 4. The number of nitrogens with zero attached hydrogens (tertiary/aromatic N) is 2. The van der Waals surface area contributed by atoms with Crippen molar-refractivity contribution in [3.63, 3.8) is 0 Å². The number of aliphatic imine (C=N–C) groups is 1. The number of ether oxygens (including phenoxy) is 2. The van der Waals surface area contributed by atoms with E-state index in [-0.39, 0.29) is 0 Å². The van der Waals surface area contributed by atoms with Crippen molar-refractivity contribution in [3.8, 4) is 11.5 Å². The Kier molecular flexibility index (Phi) is 6.11. The van der Waals surface area contributed by atoms with Crippen LogP contribution >= 0.6 is 11.8 Å². The first-order valence-corrected chi connectivity index (χ1v) is 10.8. The van der Waals surface area contributed by atoms with E-state index in [2.05, 4.69) is 39.5 Å². The van der Waals surface area contributed by atoms with Gasteiger partial charge in [-0.05, 0) is 29.8 Å². The molecule has 0 aromatic heterocycles. The summed E-state index contributed by atoms with van der Waals surface area (Å²) in [4.78, 5) is 6.89. The maximum Gasteiger partial charge on any atom is 0.193 e. The smallest absolute Gasteiger partial charge is 0.193 e. The molecule has 0 bridgehead atoms. The Morgan fingerprint density at radius 3 is 2.57 bits per heavy atom. The average Bonchev–Trinajstić information content (AvgIpc) is 2.98. The van der Waals surface area contributed by atoms with Gasteiger partial charge in [-0.2, -0.15) is 11.8 Å². The van der Waals surface area contributed by atoms with Crippen LogP contribution in [0.1, 0.15) is 12.0 Å². The lowest BCUT2D eigenvalue weighted by Gasteiger charge is -2.28. The molecule has 4 rings (SSSR count). The molecule has 7 heteroatoms. The summed E-state index contributed by atoms with van der Waals surface area (Å²) in [5.41, 5.74) is 9.32. The van der Waals surface area contributed by atoms with Crippen LogP contribution in [-0.2, 0) is 6.54 Å². The number of benzene rings is 2. The van der Waals surface area contributed by atoms with Crippen LogP contribution < -0.4 is 25.4 Å². The van der Waals surface area contributed by atoms with Gasteiger partial charge in [0, 0.05) is 48.5 Å². The molecule has 0 saturated carbocycles. The van der Waals surface area contributed by atoms with Crippen LogP contribution in [0.25, 0.3) is 0 Å². The number of hydrogen-bond donors (Lipinski definition) is 2. The van der Waals surface area contributed by atoms with Crippen molar-refractivity contribution in [3.05, 3.63) is 48.0 Å². The molecule has 148 valence electrons. The van der Waals surface area contributed by atoms with Crippen molar-refractivity contribution in [2.45, 2.75) is 13.0 Å². The van der Waals surface area contributed by atoms with Crippen molar-refractivity contribution in [2.24, 2.45) is 10.7 Å². The second-order valence-corrected chi connectivity index (χ2v) is 8.03. The van der Waals surface area contributed by atoms with Gasteiger partial charge in [0.1, 0.15) is 0 Å². The summed E-state index contributed by atoms with van der Waals surface area (Å²) in [7, 11) is 0. The lowest BCUT2D eigenvalue weighted by molar-refractivity contribution is 0.297. The van der Waals surface area contributed by atoms with E-state index in [4.69, 9.17) is 15.2 Å². The molecule has 0 radical (unpaired) electrons. The highest BCUT2D eigenvalue weighted by Crippen LogP contribution is 2.32. The van der Waals surface area contributed by atoms with E-state index < -0.39 is 0 Å². The maximum atomic E-state index is 6.06. The summed E-state index contributed by atoms with van der Waals surface area (Å²) in [5, 5.41) is 3.13. The SMILES string of the molecule is NC(=NCc1ccc(N2CCSCC2)cc1)Nc1ccc2c(c1)OCCCO2. The fraction of sp³-hybridized carbons (Fsp3) is 0.381. The van der Waals surface area contributed by atoms with Crippen molar-refractivity contribution in [1.29, 1.82) is 0 Å². The van der Waals surface area contributed by atoms with Crippen molar-refractivity contribution < 1.29 is 9.47 Å². The van der Waals surface area contributed by atoms with E-state index >= 15 is 0 Å². The number of guanidine groups is 1. The molecule has 0 amide bonds. The zero-order chi connectivity index (χ0) is 19.2. The van der Waals surface area contributed by atoms with Crippen molar-refractivity contribution in [1.82, 2.24) is 0 Å². The minimum absolute atomic E-state index is 0.381. The van der Waals surface area contributed by atoms with Gasteiger partial charge in [-0.3, -0.25) is 0 Å². The molecule has 2 aromatic carbocycles. The second-order valence-electron chi connectivity index (χ2n) is 6.80. The predicted octanol–water partition coefficient (Wildman–Crippen LogP) is 3.33. The largest absolute Gasteiger partial charge is 0.490 e. The average molecular weight is 399 g/mol. The van der Waals surface area contributed by atoms with Crippen LogP contribution in [0.4, 0.5) is 11.4 Å². The Morgan fingerprint density at radius 2 is 1.79 bits per heavy atom. The van der Waals surface area contributed by atoms with Crippen molar-refractivity contribution in [2.75, 3.05) is 48.0 Å². The zero-order valence-electron chi connectivity index (χ0n) is 15.9. The van der Waals surface area contributed by atoms with Gasteiger partial charge < -0.3 is 25.4 Å². The van der Waals surface area contributed by atoms with Gasteiger partial charge in [-0.1, -0.05) is 12.1 Å². The number of nitrogens with one attached hydrogen (secondary N) is 1. The van der Waals surface area contributed by atoms with Crippen LogP contribution in [0.3, 0.4) is 0 Å².